The smallest absolute Gasteiger partial charge is 0.271 e. The summed E-state index contributed by atoms with van der Waals surface area (Å²) in [6.07, 6.45) is 3.98. The van der Waals surface area contributed by atoms with Crippen LogP contribution in [0.3, 0.4) is 0 Å². The Hall–Kier alpha value is -1.20. The van der Waals surface area contributed by atoms with Gasteiger partial charge < -0.3 is 5.32 Å². The second kappa shape index (κ2) is 6.11. The van der Waals surface area contributed by atoms with Gasteiger partial charge in [-0.25, -0.2) is 4.98 Å². The van der Waals surface area contributed by atoms with Crippen molar-refractivity contribution in [3.05, 3.63) is 28.1 Å². The molecule has 2 rings (SSSR count). The summed E-state index contributed by atoms with van der Waals surface area (Å²) in [5, 5.41) is 5.32. The maximum Gasteiger partial charge on any atom is 0.271 e. The minimum absolute atomic E-state index is 0.0694. The molecule has 4 nitrogen and oxygen atoms in total. The van der Waals surface area contributed by atoms with E-state index in [-0.39, 0.29) is 5.56 Å². The van der Waals surface area contributed by atoms with Crippen molar-refractivity contribution < 1.29 is 0 Å². The molecule has 0 aliphatic carbocycles. The molecule has 0 radical (unpaired) electrons. The molecule has 0 aromatic carbocycles. The summed E-state index contributed by atoms with van der Waals surface area (Å²) in [4.78, 5) is 16.4. The van der Waals surface area contributed by atoms with Gasteiger partial charge in [0.25, 0.3) is 5.56 Å². The first-order valence-corrected chi connectivity index (χ1v) is 7.26. The molecular formula is C13H19N3OS. The average Bonchev–Trinajstić information content (AvgIpc) is 2.81. The first-order valence-electron chi connectivity index (χ1n) is 6.38. The lowest BCUT2D eigenvalue weighted by atomic mass is 10.2. The average molecular weight is 265 g/mol. The molecule has 0 amide bonds. The molecule has 5 heteroatoms. The Morgan fingerprint density at radius 2 is 2.39 bits per heavy atom. The van der Waals surface area contributed by atoms with Crippen LogP contribution in [0.2, 0.25) is 0 Å². The van der Waals surface area contributed by atoms with E-state index in [1.807, 2.05) is 11.4 Å². The number of nitrogens with one attached hydrogen (secondary N) is 1. The van der Waals surface area contributed by atoms with Crippen LogP contribution in [0.5, 0.6) is 0 Å². The van der Waals surface area contributed by atoms with E-state index >= 15 is 0 Å². The second-order valence-electron chi connectivity index (χ2n) is 4.52. The molecule has 0 aliphatic rings. The topological polar surface area (TPSA) is 46.9 Å². The fourth-order valence-electron chi connectivity index (χ4n) is 2.00. The van der Waals surface area contributed by atoms with Crippen LogP contribution < -0.4 is 10.9 Å². The van der Waals surface area contributed by atoms with Crippen molar-refractivity contribution in [1.82, 2.24) is 14.9 Å². The Kier molecular flexibility index (Phi) is 4.49. The van der Waals surface area contributed by atoms with Gasteiger partial charge in [-0.15, -0.1) is 11.3 Å². The van der Waals surface area contributed by atoms with Crippen molar-refractivity contribution >= 4 is 21.6 Å². The zero-order chi connectivity index (χ0) is 13.0. The van der Waals surface area contributed by atoms with Crippen LogP contribution in [0.15, 0.2) is 22.6 Å². The first kappa shape index (κ1) is 13.2. The Morgan fingerprint density at radius 3 is 3.17 bits per heavy atom. The van der Waals surface area contributed by atoms with Gasteiger partial charge in [-0.3, -0.25) is 9.36 Å². The second-order valence-corrected chi connectivity index (χ2v) is 5.44. The number of rotatable bonds is 6. The highest BCUT2D eigenvalue weighted by Gasteiger charge is 2.05. The third-order valence-corrected chi connectivity index (χ3v) is 3.89. The molecule has 2 aromatic heterocycles. The van der Waals surface area contributed by atoms with Gasteiger partial charge in [-0.2, -0.15) is 0 Å². The van der Waals surface area contributed by atoms with Crippen LogP contribution in [0.4, 0.5) is 0 Å². The van der Waals surface area contributed by atoms with Crippen molar-refractivity contribution in [1.29, 1.82) is 0 Å². The van der Waals surface area contributed by atoms with Gasteiger partial charge in [0.2, 0.25) is 0 Å². The summed E-state index contributed by atoms with van der Waals surface area (Å²) in [7, 11) is 0. The van der Waals surface area contributed by atoms with Gasteiger partial charge in [-0.1, -0.05) is 13.3 Å². The zero-order valence-electron chi connectivity index (χ0n) is 10.8. The highest BCUT2D eigenvalue weighted by atomic mass is 32.1. The number of fused-ring (bicyclic) bond motifs is 1. The molecule has 0 spiro atoms. The van der Waals surface area contributed by atoms with Crippen LogP contribution in [0.1, 0.15) is 26.7 Å². The Balaban J connectivity index is 1.99. The normalized spacial score (nSPS) is 13.0. The number of hydrogen-bond donors (Lipinski definition) is 1. The highest BCUT2D eigenvalue weighted by molar-refractivity contribution is 7.17. The molecule has 0 saturated heterocycles. The third-order valence-electron chi connectivity index (χ3n) is 3.00. The number of hydrogen-bond acceptors (Lipinski definition) is 4. The third kappa shape index (κ3) is 2.97. The molecule has 1 atom stereocenters. The van der Waals surface area contributed by atoms with Crippen molar-refractivity contribution in [2.75, 3.05) is 6.54 Å². The van der Waals surface area contributed by atoms with E-state index < -0.39 is 0 Å². The molecule has 18 heavy (non-hydrogen) atoms. The fourth-order valence-corrected chi connectivity index (χ4v) is 2.80. The summed E-state index contributed by atoms with van der Waals surface area (Å²) in [6, 6.07) is 2.39. The lowest BCUT2D eigenvalue weighted by Crippen LogP contribution is -2.32. The van der Waals surface area contributed by atoms with Gasteiger partial charge in [0.1, 0.15) is 4.70 Å². The predicted octanol–water partition coefficient (Wildman–Crippen LogP) is 2.24. The van der Waals surface area contributed by atoms with E-state index in [4.69, 9.17) is 0 Å². The lowest BCUT2D eigenvalue weighted by Gasteiger charge is -2.13. The van der Waals surface area contributed by atoms with Gasteiger partial charge >= 0.3 is 0 Å². The van der Waals surface area contributed by atoms with Crippen LogP contribution in [0, 0.1) is 0 Å². The maximum atomic E-state index is 12.1. The van der Waals surface area contributed by atoms with Crippen molar-refractivity contribution in [2.24, 2.45) is 0 Å². The van der Waals surface area contributed by atoms with E-state index in [0.29, 0.717) is 12.6 Å². The van der Waals surface area contributed by atoms with Crippen LogP contribution in [-0.2, 0) is 6.54 Å². The fraction of sp³-hybridized carbons (Fsp3) is 0.538. The molecule has 0 bridgehead atoms. The van der Waals surface area contributed by atoms with Crippen molar-refractivity contribution in [3.8, 4) is 0 Å². The Morgan fingerprint density at radius 1 is 1.56 bits per heavy atom. The standard InChI is InChI=1S/C13H19N3OS/c1-3-4-10(2)14-6-7-16-9-15-11-5-8-18-12(11)13(16)17/h5,8-10,14H,3-4,6-7H2,1-2H3. The van der Waals surface area contributed by atoms with Crippen LogP contribution in [-0.4, -0.2) is 22.1 Å². The molecule has 0 aliphatic heterocycles. The highest BCUT2D eigenvalue weighted by Crippen LogP contribution is 2.12. The number of aromatic nitrogens is 2. The minimum Gasteiger partial charge on any atom is -0.312 e. The molecule has 2 heterocycles. The predicted molar refractivity (Wildman–Crippen MR) is 76.3 cm³/mol. The maximum absolute atomic E-state index is 12.1. The lowest BCUT2D eigenvalue weighted by molar-refractivity contribution is 0.481. The first-order chi connectivity index (χ1) is 8.72. The molecule has 1 unspecified atom stereocenters. The van der Waals surface area contributed by atoms with Gasteiger partial charge in [-0.05, 0) is 24.8 Å². The quantitative estimate of drug-likeness (QED) is 0.871. The Labute approximate surface area is 111 Å². The SMILES string of the molecule is CCCC(C)NCCn1cnc2ccsc2c1=O. The summed E-state index contributed by atoms with van der Waals surface area (Å²) < 4.78 is 2.43. The van der Waals surface area contributed by atoms with E-state index in [0.717, 1.165) is 23.2 Å². The Bertz CT molecular complexity index is 561. The van der Waals surface area contributed by atoms with Crippen molar-refractivity contribution in [2.45, 2.75) is 39.3 Å². The monoisotopic (exact) mass is 265 g/mol. The van der Waals surface area contributed by atoms with Gasteiger partial charge in [0.05, 0.1) is 11.8 Å². The van der Waals surface area contributed by atoms with E-state index in [2.05, 4.69) is 24.1 Å². The molecule has 0 fully saturated rings. The minimum atomic E-state index is 0.0694. The summed E-state index contributed by atoms with van der Waals surface area (Å²) in [5.41, 5.74) is 0.869. The molecule has 1 N–H and O–H groups in total. The van der Waals surface area contributed by atoms with Crippen molar-refractivity contribution in [3.63, 3.8) is 0 Å². The van der Waals surface area contributed by atoms with Gasteiger partial charge in [0.15, 0.2) is 0 Å². The van der Waals surface area contributed by atoms with E-state index in [9.17, 15) is 4.79 Å². The van der Waals surface area contributed by atoms with E-state index in [1.54, 1.807) is 10.9 Å². The number of nitrogens with zero attached hydrogens (tertiary/aromatic N) is 2. The molecule has 0 saturated carbocycles. The van der Waals surface area contributed by atoms with Crippen LogP contribution in [0.25, 0.3) is 10.2 Å². The molecular weight excluding hydrogens is 246 g/mol. The molecule has 2 aromatic rings. The zero-order valence-corrected chi connectivity index (χ0v) is 11.7. The molecule has 98 valence electrons. The summed E-state index contributed by atoms with van der Waals surface area (Å²) in [5.74, 6) is 0. The van der Waals surface area contributed by atoms with E-state index in [1.165, 1.54) is 17.8 Å². The number of thiophene rings is 1. The van der Waals surface area contributed by atoms with Crippen LogP contribution >= 0.6 is 11.3 Å². The largest absolute Gasteiger partial charge is 0.312 e. The summed E-state index contributed by atoms with van der Waals surface area (Å²) >= 11 is 1.46. The van der Waals surface area contributed by atoms with Gasteiger partial charge in [0, 0.05) is 19.1 Å². The summed E-state index contributed by atoms with van der Waals surface area (Å²) in [6.45, 7) is 5.83.